The average molecular weight is 330 g/mol. The van der Waals surface area contributed by atoms with Gasteiger partial charge in [-0.05, 0) is 43.7 Å². The molecule has 3 aromatic heterocycles. The number of hydrogen-bond acceptors (Lipinski definition) is 4. The predicted molar refractivity (Wildman–Crippen MR) is 99.6 cm³/mol. The molecule has 0 radical (unpaired) electrons. The van der Waals surface area contributed by atoms with Gasteiger partial charge in [0.25, 0.3) is 0 Å². The molecule has 0 N–H and O–H groups in total. The van der Waals surface area contributed by atoms with Crippen LogP contribution in [0.25, 0.3) is 43.4 Å². The highest BCUT2D eigenvalue weighted by atomic mass is 32.1. The molecule has 5 aromatic rings. The Morgan fingerprint density at radius 2 is 1.79 bits per heavy atom. The summed E-state index contributed by atoms with van der Waals surface area (Å²) in [5.74, 6) is 0. The average Bonchev–Trinajstić information content (AvgIpc) is 3.14. The number of rotatable bonds is 1. The van der Waals surface area contributed by atoms with E-state index in [2.05, 4.69) is 46.4 Å². The zero-order chi connectivity index (χ0) is 16.3. The van der Waals surface area contributed by atoms with Crippen molar-refractivity contribution in [2.24, 2.45) is 0 Å². The molecule has 0 fully saturated rings. The number of para-hydroxylation sites is 1. The number of furan rings is 1. The van der Waals surface area contributed by atoms with Gasteiger partial charge < -0.3 is 4.42 Å². The summed E-state index contributed by atoms with van der Waals surface area (Å²) in [6.07, 6.45) is 1.89. The Bertz CT molecular complexity index is 1220. The molecule has 0 saturated heterocycles. The van der Waals surface area contributed by atoms with E-state index in [0.717, 1.165) is 54.0 Å². The minimum Gasteiger partial charge on any atom is -0.453 e. The minimum atomic E-state index is 0.867. The van der Waals surface area contributed by atoms with Gasteiger partial charge in [0.15, 0.2) is 5.58 Å². The molecule has 24 heavy (non-hydrogen) atoms. The van der Waals surface area contributed by atoms with Gasteiger partial charge in [-0.3, -0.25) is 4.98 Å². The van der Waals surface area contributed by atoms with E-state index < -0.39 is 0 Å². The second kappa shape index (κ2) is 4.89. The van der Waals surface area contributed by atoms with E-state index in [1.807, 2.05) is 26.1 Å². The van der Waals surface area contributed by atoms with E-state index >= 15 is 0 Å². The van der Waals surface area contributed by atoms with Crippen LogP contribution in [-0.4, -0.2) is 9.97 Å². The van der Waals surface area contributed by atoms with Gasteiger partial charge in [-0.1, -0.05) is 18.2 Å². The van der Waals surface area contributed by atoms with Crippen molar-refractivity contribution in [1.82, 2.24) is 9.97 Å². The Morgan fingerprint density at radius 3 is 2.62 bits per heavy atom. The van der Waals surface area contributed by atoms with Gasteiger partial charge >= 0.3 is 0 Å². The summed E-state index contributed by atoms with van der Waals surface area (Å²) in [6, 6.07) is 14.6. The van der Waals surface area contributed by atoms with Crippen LogP contribution in [0.2, 0.25) is 0 Å². The highest BCUT2D eigenvalue weighted by Gasteiger charge is 2.16. The van der Waals surface area contributed by atoms with Crippen LogP contribution >= 0.6 is 11.3 Å². The fraction of sp³-hybridized carbons (Fsp3) is 0.100. The molecule has 0 aliphatic carbocycles. The van der Waals surface area contributed by atoms with Crippen LogP contribution in [0.15, 0.2) is 53.1 Å². The highest BCUT2D eigenvalue weighted by molar-refractivity contribution is 7.18. The first-order valence-corrected chi connectivity index (χ1v) is 8.67. The molecule has 0 saturated carbocycles. The number of thiazole rings is 1. The van der Waals surface area contributed by atoms with Crippen LogP contribution in [0.3, 0.4) is 0 Å². The van der Waals surface area contributed by atoms with Crippen LogP contribution in [0.4, 0.5) is 0 Å². The predicted octanol–water partition coefficient (Wildman–Crippen LogP) is 5.87. The molecule has 4 heteroatoms. The van der Waals surface area contributed by atoms with Crippen molar-refractivity contribution < 1.29 is 4.42 Å². The van der Waals surface area contributed by atoms with E-state index in [9.17, 15) is 0 Å². The van der Waals surface area contributed by atoms with E-state index in [4.69, 9.17) is 4.42 Å². The molecule has 0 atom stereocenters. The van der Waals surface area contributed by atoms with Crippen LogP contribution in [0, 0.1) is 13.8 Å². The third-order valence-electron chi connectivity index (χ3n) is 4.32. The molecule has 0 amide bonds. The van der Waals surface area contributed by atoms with Gasteiger partial charge in [0.2, 0.25) is 0 Å². The summed E-state index contributed by atoms with van der Waals surface area (Å²) in [4.78, 5) is 9.22. The highest BCUT2D eigenvalue weighted by Crippen LogP contribution is 2.39. The van der Waals surface area contributed by atoms with Gasteiger partial charge in [-0.15, -0.1) is 11.3 Å². The summed E-state index contributed by atoms with van der Waals surface area (Å²) >= 11 is 1.70. The second-order valence-electron chi connectivity index (χ2n) is 6.03. The molecular weight excluding hydrogens is 316 g/mol. The Hall–Kier alpha value is -2.72. The number of hydrogen-bond donors (Lipinski definition) is 0. The molecule has 0 bridgehead atoms. The van der Waals surface area contributed by atoms with Crippen molar-refractivity contribution >= 4 is 43.5 Å². The SMILES string of the molecule is Cc1ccc(-c2cccc3c2oc2c3ccc3sc(C)nc32)nc1. The lowest BCUT2D eigenvalue weighted by molar-refractivity contribution is 0.672. The van der Waals surface area contributed by atoms with Crippen molar-refractivity contribution in [1.29, 1.82) is 0 Å². The van der Waals surface area contributed by atoms with Gasteiger partial charge in [-0.25, -0.2) is 4.98 Å². The molecule has 0 spiro atoms. The molecule has 0 aliphatic rings. The third-order valence-corrected chi connectivity index (χ3v) is 5.25. The fourth-order valence-electron chi connectivity index (χ4n) is 3.19. The maximum Gasteiger partial charge on any atom is 0.162 e. The minimum absolute atomic E-state index is 0.867. The van der Waals surface area contributed by atoms with Crippen molar-refractivity contribution in [3.8, 4) is 11.3 Å². The molecule has 3 nitrogen and oxygen atoms in total. The number of fused-ring (bicyclic) bond motifs is 5. The number of nitrogens with zero attached hydrogens (tertiary/aromatic N) is 2. The molecule has 2 aromatic carbocycles. The van der Waals surface area contributed by atoms with Crippen LogP contribution in [0.5, 0.6) is 0 Å². The van der Waals surface area contributed by atoms with Gasteiger partial charge in [-0.2, -0.15) is 0 Å². The lowest BCUT2D eigenvalue weighted by Gasteiger charge is -2.02. The first-order chi connectivity index (χ1) is 11.7. The molecule has 116 valence electrons. The van der Waals surface area contributed by atoms with Crippen LogP contribution in [-0.2, 0) is 0 Å². The first kappa shape index (κ1) is 13.7. The second-order valence-corrected chi connectivity index (χ2v) is 7.26. The third kappa shape index (κ3) is 1.90. The normalized spacial score (nSPS) is 11.8. The lowest BCUT2D eigenvalue weighted by atomic mass is 10.1. The van der Waals surface area contributed by atoms with Crippen LogP contribution in [0.1, 0.15) is 10.6 Å². The Balaban J connectivity index is 1.89. The summed E-state index contributed by atoms with van der Waals surface area (Å²) in [5.41, 5.74) is 5.79. The molecule has 0 unspecified atom stereocenters. The Morgan fingerprint density at radius 1 is 0.917 bits per heavy atom. The van der Waals surface area contributed by atoms with Crippen molar-refractivity contribution in [2.75, 3.05) is 0 Å². The van der Waals surface area contributed by atoms with E-state index in [-0.39, 0.29) is 0 Å². The van der Waals surface area contributed by atoms with E-state index in [0.29, 0.717) is 0 Å². The van der Waals surface area contributed by atoms with E-state index in [1.165, 1.54) is 0 Å². The lowest BCUT2D eigenvalue weighted by Crippen LogP contribution is -1.84. The van der Waals surface area contributed by atoms with Gasteiger partial charge in [0.1, 0.15) is 11.1 Å². The van der Waals surface area contributed by atoms with E-state index in [1.54, 1.807) is 11.3 Å². The maximum absolute atomic E-state index is 6.30. The van der Waals surface area contributed by atoms with Crippen molar-refractivity contribution in [3.05, 3.63) is 59.2 Å². The Kier molecular flexibility index (Phi) is 2.79. The van der Waals surface area contributed by atoms with Gasteiger partial charge in [0, 0.05) is 22.5 Å². The van der Waals surface area contributed by atoms with Crippen LogP contribution < -0.4 is 0 Å². The summed E-state index contributed by atoms with van der Waals surface area (Å²) < 4.78 is 7.46. The molecule has 3 heterocycles. The largest absolute Gasteiger partial charge is 0.453 e. The Labute approximate surface area is 142 Å². The van der Waals surface area contributed by atoms with Gasteiger partial charge in [0.05, 0.1) is 15.4 Å². The topological polar surface area (TPSA) is 38.9 Å². The fourth-order valence-corrected chi connectivity index (χ4v) is 4.01. The number of benzene rings is 2. The summed E-state index contributed by atoms with van der Waals surface area (Å²) in [7, 11) is 0. The molecular formula is C20H14N2OS. The number of aryl methyl sites for hydroxylation is 2. The standard InChI is InChI=1S/C20H14N2OS/c1-11-6-8-16(21-10-11)15-5-3-4-13-14-7-9-17-18(22-12(2)24-17)20(14)23-19(13)15/h3-10H,1-2H3. The quantitative estimate of drug-likeness (QED) is 0.385. The first-order valence-electron chi connectivity index (χ1n) is 7.85. The smallest absolute Gasteiger partial charge is 0.162 e. The van der Waals surface area contributed by atoms with Crippen molar-refractivity contribution in [2.45, 2.75) is 13.8 Å². The maximum atomic E-state index is 6.30. The zero-order valence-electron chi connectivity index (χ0n) is 13.3. The summed E-state index contributed by atoms with van der Waals surface area (Å²) in [5, 5.41) is 3.27. The summed E-state index contributed by atoms with van der Waals surface area (Å²) in [6.45, 7) is 4.07. The number of pyridine rings is 1. The molecule has 5 rings (SSSR count). The van der Waals surface area contributed by atoms with Crippen molar-refractivity contribution in [3.63, 3.8) is 0 Å². The monoisotopic (exact) mass is 330 g/mol. The molecule has 0 aliphatic heterocycles. The zero-order valence-corrected chi connectivity index (χ0v) is 14.1. The number of aromatic nitrogens is 2.